The topological polar surface area (TPSA) is 621 Å². The molecule has 3 unspecified atom stereocenters. The number of fused-ring (bicyclic) bond motifs is 3. The molecule has 14 N–H and O–H groups in total. The SMILES string of the molecule is Cc1cn([C@@H]2S[C@H](CO)[C@H]3OC(C)(C)O[C@H]32)c(=O)nc1N.Cc1cn([C@@H]2S[C@H](COP(=O)(O)O)[C@H]3OC(C)(C)O[C@H]32)c(=O)nc1N.Cc1cn([C@@H]2S[C@H](COP(=O)([O-])OP(=O)([O-])OP(=O)([O-])O)[C@@H](O)[C@H]2O)c(=O)nc1N.Cc1cn([C@@H]2S[C@H](COP(C)(C)=O)[C@H]3OC(C)(C)O[C@H]32)c(=O)nc1N.[Na+]. The molecule has 0 bridgehead atoms. The van der Waals surface area contributed by atoms with Crippen molar-refractivity contribution in [3.05, 3.63) is 89.0 Å². The van der Waals surface area contributed by atoms with Crippen LogP contribution in [-0.2, 0) is 73.4 Å². The quantitative estimate of drug-likeness (QED) is 0.0340. The molecule has 0 radical (unpaired) electrons. The van der Waals surface area contributed by atoms with E-state index in [0.29, 0.717) is 22.9 Å². The molecule has 7 saturated heterocycles. The largest absolute Gasteiger partial charge is 1.00 e. The van der Waals surface area contributed by atoms with Crippen LogP contribution in [0.15, 0.2) is 44.0 Å². The van der Waals surface area contributed by atoms with E-state index in [4.69, 9.17) is 70.6 Å². The van der Waals surface area contributed by atoms with Gasteiger partial charge in [-0.2, -0.15) is 19.9 Å². The summed E-state index contributed by atoms with van der Waals surface area (Å²) in [5.41, 5.74) is 22.8. The maximum absolute atomic E-state index is 12.3. The minimum Gasteiger partial charge on any atom is -0.756 e. The number of nitrogen functional groups attached to an aromatic ring is 4. The van der Waals surface area contributed by atoms with Crippen LogP contribution in [0.1, 0.15) is 85.3 Å². The molecule has 7 fully saturated rings. The number of aromatic nitrogens is 8. The molecule has 7 aliphatic heterocycles. The molecule has 7 aliphatic rings. The zero-order chi connectivity index (χ0) is 75.6. The van der Waals surface area contributed by atoms with Gasteiger partial charge in [0.15, 0.2) is 24.7 Å². The first kappa shape index (κ1) is 86.7. The molecule has 102 heavy (non-hydrogen) atoms. The van der Waals surface area contributed by atoms with Crippen LogP contribution < -0.4 is 89.9 Å². The van der Waals surface area contributed by atoms with Gasteiger partial charge < -0.3 is 105 Å². The summed E-state index contributed by atoms with van der Waals surface area (Å²) in [4.78, 5) is 123. The number of thioether (sulfide) groups is 4. The van der Waals surface area contributed by atoms with Gasteiger partial charge in [-0.25, -0.2) is 32.4 Å². The number of aryl methyl sites for hydroxylation is 4. The van der Waals surface area contributed by atoms with E-state index in [9.17, 15) is 72.0 Å². The Morgan fingerprint density at radius 2 is 0.765 bits per heavy atom. The van der Waals surface area contributed by atoms with Crippen molar-refractivity contribution in [2.24, 2.45) is 0 Å². The summed E-state index contributed by atoms with van der Waals surface area (Å²) in [5, 5.41) is 25.8. The monoisotopic (exact) mass is 1630 g/mol. The van der Waals surface area contributed by atoms with Crippen molar-refractivity contribution in [1.29, 1.82) is 0 Å². The van der Waals surface area contributed by atoms with Crippen molar-refractivity contribution >= 4 is 109 Å². The molecule has 4 aromatic heterocycles. The van der Waals surface area contributed by atoms with E-state index in [-0.39, 0.29) is 118 Å². The van der Waals surface area contributed by atoms with Crippen LogP contribution in [0.3, 0.4) is 0 Å². The molecular formula is C51H78N12NaO29P5S4-2. The second-order valence-corrected chi connectivity index (χ2v) is 39.0. The number of anilines is 4. The first-order valence-electron chi connectivity index (χ1n) is 30.0. The molecule has 0 aliphatic carbocycles. The number of nitrogens with zero attached hydrogens (tertiary/aromatic N) is 8. The van der Waals surface area contributed by atoms with Crippen LogP contribution >= 0.6 is 85.7 Å². The van der Waals surface area contributed by atoms with Crippen LogP contribution in [0.4, 0.5) is 23.3 Å². The minimum absolute atomic E-state index is 0. The number of phosphoric ester groups is 2. The zero-order valence-corrected chi connectivity index (χ0v) is 66.4. The maximum Gasteiger partial charge on any atom is 1.00 e. The van der Waals surface area contributed by atoms with Gasteiger partial charge in [-0.15, -0.1) is 47.0 Å². The Labute approximate surface area is 620 Å². The first-order valence-corrected chi connectivity index (χ1v) is 42.2. The molecule has 0 aromatic carbocycles. The standard InChI is InChI=1S/C15H24N3O5PS.C13H20N3O7PS.C13H19N3O4S.C10H18N3O13P3S.Na/c1-8-6-18(14(19)17-12(8)16)13-11-10(22-15(2,3)23-11)9(25-13)7-21-24(4,5)20;1-6-4-16(12(17)15-10(6)14)11-9-8(22-13(2,3)23-9)7(25-11)5-21-24(18,19)20;1-6-4-16(12(18)15-10(6)14)11-9-8(7(5-17)21-11)19-13(2,3)20-9;1-4-2-13(10(16)12-8(4)11)9-7(15)6(14)5(30-9)3-24-28(20,21)26-29(22,23)25-27(17,18)19;/h6,9-11,13H,7H2,1-5H3,(H2,16,17,19);4,7-9,11H,5H2,1-3H3,(H2,14,15,17)(H2,18,19,20);4,7-9,11,17H,5H2,1-3H3,(H2,14,15,18);2,5-7,9,14-15H,3H2,1H3,(H,20,21)(H,22,23)(H2,11,12,16)(H2,17,18,19);/q;;;;+1/p-3/t9-,10-,11-,13-;2*7-,8-,9-,11-;5-,6-,7-,9-;/m1111./s1. The number of aliphatic hydroxyl groups excluding tert-OH is 3. The van der Waals surface area contributed by atoms with E-state index < -0.39 is 131 Å². The Hall–Kier alpha value is -2.53. The van der Waals surface area contributed by atoms with Gasteiger partial charge in [0.1, 0.15) is 87.5 Å². The normalized spacial score (nSPS) is 31.3. The molecule has 11 rings (SSSR count). The molecule has 19 atom stereocenters. The van der Waals surface area contributed by atoms with Crippen molar-refractivity contribution in [3.8, 4) is 0 Å². The molecule has 0 amide bonds. The molecular weight excluding hydrogens is 1550 g/mol. The fourth-order valence-electron chi connectivity index (χ4n) is 11.1. The van der Waals surface area contributed by atoms with Gasteiger partial charge in [-0.3, -0.25) is 41.1 Å². The molecule has 11 heterocycles. The van der Waals surface area contributed by atoms with E-state index in [1.165, 1.54) is 62.1 Å². The van der Waals surface area contributed by atoms with Crippen molar-refractivity contribution in [1.82, 2.24) is 38.2 Å². The molecule has 568 valence electrons. The van der Waals surface area contributed by atoms with Crippen molar-refractivity contribution in [3.63, 3.8) is 0 Å². The molecule has 0 spiro atoms. The number of hydrogen-bond acceptors (Lipinski definition) is 38. The van der Waals surface area contributed by atoms with Crippen molar-refractivity contribution in [2.75, 3.05) is 62.7 Å². The summed E-state index contributed by atoms with van der Waals surface area (Å²) in [5.74, 6) is -1.79. The van der Waals surface area contributed by atoms with Gasteiger partial charge in [0.2, 0.25) is 0 Å². The second-order valence-electron chi connectivity index (χ2n) is 25.3. The summed E-state index contributed by atoms with van der Waals surface area (Å²) >= 11 is 4.98. The zero-order valence-electron chi connectivity index (χ0n) is 56.7. The van der Waals surface area contributed by atoms with E-state index in [1.54, 1.807) is 66.5 Å². The smallest absolute Gasteiger partial charge is 0.756 e. The number of aliphatic hydroxyl groups is 3. The first-order chi connectivity index (χ1) is 46.3. The summed E-state index contributed by atoms with van der Waals surface area (Å²) < 4.78 is 118. The summed E-state index contributed by atoms with van der Waals surface area (Å²) in [6.45, 7) is 19.9. The van der Waals surface area contributed by atoms with Gasteiger partial charge in [0.25, 0.3) is 23.5 Å². The molecule has 0 saturated carbocycles. The van der Waals surface area contributed by atoms with Gasteiger partial charge in [0.05, 0.1) is 53.5 Å². The van der Waals surface area contributed by atoms with E-state index in [0.717, 1.165) is 15.7 Å². The molecule has 41 nitrogen and oxygen atoms in total. The third kappa shape index (κ3) is 21.9. The predicted octanol–water partition coefficient (Wildman–Crippen LogP) is -3.62. The predicted molar refractivity (Wildman–Crippen MR) is 359 cm³/mol. The van der Waals surface area contributed by atoms with Crippen LogP contribution in [0.5, 0.6) is 0 Å². The van der Waals surface area contributed by atoms with E-state index >= 15 is 0 Å². The Morgan fingerprint density at radius 1 is 0.471 bits per heavy atom. The number of nitrogens with two attached hydrogens (primary N) is 4. The van der Waals surface area contributed by atoms with Crippen LogP contribution in [-0.4, -0.2) is 195 Å². The average Bonchev–Trinajstić information content (AvgIpc) is 1.61. The van der Waals surface area contributed by atoms with Crippen LogP contribution in [0.25, 0.3) is 0 Å². The van der Waals surface area contributed by atoms with Crippen molar-refractivity contribution < 1.29 is 148 Å². The third-order valence-corrected chi connectivity index (χ3v) is 26.5. The van der Waals surface area contributed by atoms with Crippen LogP contribution in [0, 0.1) is 27.7 Å². The summed E-state index contributed by atoms with van der Waals surface area (Å²) in [6.07, 6.45) is 0.932. The number of ether oxygens (including phenoxy) is 6. The summed E-state index contributed by atoms with van der Waals surface area (Å²) in [7, 11) is -24.9. The van der Waals surface area contributed by atoms with Gasteiger partial charge in [0, 0.05) is 60.4 Å². The Kier molecular flexibility index (Phi) is 28.0. The Morgan fingerprint density at radius 3 is 1.09 bits per heavy atom. The fourth-order valence-corrected chi connectivity index (χ4v) is 21.1. The second kappa shape index (κ2) is 33.0. The van der Waals surface area contributed by atoms with Gasteiger partial charge in [-0.1, -0.05) is 0 Å². The van der Waals surface area contributed by atoms with Gasteiger partial charge in [-0.05, 0) is 69.2 Å². The minimum atomic E-state index is -6.06. The summed E-state index contributed by atoms with van der Waals surface area (Å²) in [6, 6.07) is 0. The molecule has 51 heteroatoms. The number of hydrogen-bond donors (Lipinski definition) is 10. The Bertz CT molecular complexity index is 4100. The van der Waals surface area contributed by atoms with E-state index in [2.05, 4.69) is 37.6 Å². The molecule has 4 aromatic rings. The van der Waals surface area contributed by atoms with Gasteiger partial charge >= 0.3 is 60.1 Å². The fraction of sp³-hybridized carbons (Fsp3) is 0.686. The van der Waals surface area contributed by atoms with Crippen molar-refractivity contribution in [2.45, 2.75) is 178 Å². The third-order valence-electron chi connectivity index (χ3n) is 15.4. The number of phosphoric acid groups is 4. The van der Waals surface area contributed by atoms with Crippen LogP contribution in [0.2, 0.25) is 0 Å². The average molecular weight is 1630 g/mol. The maximum atomic E-state index is 12.3. The van der Waals surface area contributed by atoms with E-state index in [1.807, 2.05) is 27.7 Å². The number of rotatable bonds is 18. The Balaban J connectivity index is 0.000000191.